The van der Waals surface area contributed by atoms with Gasteiger partial charge in [-0.3, -0.25) is 0 Å². The van der Waals surface area contributed by atoms with E-state index in [-0.39, 0.29) is 5.28 Å². The molecule has 0 spiro atoms. The summed E-state index contributed by atoms with van der Waals surface area (Å²) in [4.78, 5) is 25.5. The van der Waals surface area contributed by atoms with Crippen LogP contribution < -0.4 is 4.90 Å². The van der Waals surface area contributed by atoms with Crippen molar-refractivity contribution in [3.8, 4) is 0 Å². The predicted molar refractivity (Wildman–Crippen MR) is 74.9 cm³/mol. The van der Waals surface area contributed by atoms with Crippen molar-refractivity contribution in [1.82, 2.24) is 29.9 Å². The smallest absolute Gasteiger partial charge is 0.226 e. The molecule has 0 atom stereocenters. The Morgan fingerprint density at radius 3 is 2.85 bits per heavy atom. The molecule has 2 N–H and O–H groups in total. The van der Waals surface area contributed by atoms with Gasteiger partial charge < -0.3 is 14.9 Å². The van der Waals surface area contributed by atoms with Crippen LogP contribution in [0.15, 0.2) is 12.7 Å². The van der Waals surface area contributed by atoms with Gasteiger partial charge in [0.25, 0.3) is 0 Å². The number of nitrogens with one attached hydrogen (secondary N) is 2. The van der Waals surface area contributed by atoms with E-state index in [9.17, 15) is 0 Å². The number of fused-ring (bicyclic) bond motifs is 2. The molecule has 0 bridgehead atoms. The summed E-state index contributed by atoms with van der Waals surface area (Å²) in [6.45, 7) is 1.70. The highest BCUT2D eigenvalue weighted by Gasteiger charge is 2.20. The van der Waals surface area contributed by atoms with Crippen molar-refractivity contribution in [2.75, 3.05) is 18.0 Å². The highest BCUT2D eigenvalue weighted by Crippen LogP contribution is 2.24. The summed E-state index contributed by atoms with van der Waals surface area (Å²) in [7, 11) is 0. The summed E-state index contributed by atoms with van der Waals surface area (Å²) in [6, 6.07) is 0. The number of rotatable bonds is 1. The van der Waals surface area contributed by atoms with Gasteiger partial charge in [-0.05, 0) is 11.6 Å². The van der Waals surface area contributed by atoms with E-state index in [4.69, 9.17) is 11.6 Å². The third-order valence-corrected chi connectivity index (χ3v) is 3.77. The Balaban J connectivity index is 1.73. The predicted octanol–water partition coefficient (Wildman–Crippen LogP) is 1.33. The van der Waals surface area contributed by atoms with Crippen LogP contribution >= 0.6 is 11.6 Å². The molecule has 0 unspecified atom stereocenters. The molecule has 7 nitrogen and oxygen atoms in total. The summed E-state index contributed by atoms with van der Waals surface area (Å²) in [5, 5.41) is 0.223. The molecule has 1 aliphatic rings. The second-order valence-corrected chi connectivity index (χ2v) is 5.07. The van der Waals surface area contributed by atoms with E-state index in [1.54, 1.807) is 12.7 Å². The zero-order chi connectivity index (χ0) is 13.5. The van der Waals surface area contributed by atoms with Gasteiger partial charge >= 0.3 is 0 Å². The first-order valence-corrected chi connectivity index (χ1v) is 6.82. The first-order chi connectivity index (χ1) is 9.81. The average Bonchev–Trinajstić information content (AvgIpc) is 3.03. The third kappa shape index (κ3) is 1.82. The Hall–Kier alpha value is -2.15. The van der Waals surface area contributed by atoms with Crippen LogP contribution in [0.5, 0.6) is 0 Å². The normalized spacial score (nSPS) is 15.3. The largest absolute Gasteiger partial charge is 0.354 e. The molecule has 0 aliphatic carbocycles. The number of aromatic nitrogens is 6. The summed E-state index contributed by atoms with van der Waals surface area (Å²) in [6.07, 6.45) is 5.17. The van der Waals surface area contributed by atoms with Gasteiger partial charge in [0.2, 0.25) is 5.28 Å². The molecule has 0 saturated carbocycles. The molecule has 0 aromatic carbocycles. The zero-order valence-corrected chi connectivity index (χ0v) is 11.4. The number of hydrogen-bond acceptors (Lipinski definition) is 5. The van der Waals surface area contributed by atoms with Crippen molar-refractivity contribution in [3.63, 3.8) is 0 Å². The maximum absolute atomic E-state index is 5.99. The average molecular weight is 290 g/mol. The Labute approximate surface area is 119 Å². The van der Waals surface area contributed by atoms with Gasteiger partial charge in [0.1, 0.15) is 5.52 Å². The SMILES string of the molecule is Clc1nc(N2CCc3nc[nH]c3CC2)c2[nH]cnc2n1. The van der Waals surface area contributed by atoms with E-state index < -0.39 is 0 Å². The molecule has 0 fully saturated rings. The summed E-state index contributed by atoms with van der Waals surface area (Å²) >= 11 is 5.99. The minimum atomic E-state index is 0.223. The van der Waals surface area contributed by atoms with Gasteiger partial charge in [-0.2, -0.15) is 9.97 Å². The zero-order valence-electron chi connectivity index (χ0n) is 10.6. The first-order valence-electron chi connectivity index (χ1n) is 6.44. The lowest BCUT2D eigenvalue weighted by molar-refractivity contribution is 0.782. The van der Waals surface area contributed by atoms with Crippen LogP contribution in [0.2, 0.25) is 5.28 Å². The standard InChI is InChI=1S/C12H12ClN7/c13-12-18-10-9(16-6-17-10)11(19-12)20-3-1-7-8(2-4-20)15-5-14-7/h5-6H,1-4H2,(H,14,15)(H,16,17,18,19). The van der Waals surface area contributed by atoms with Crippen LogP contribution in [0.25, 0.3) is 11.2 Å². The van der Waals surface area contributed by atoms with Crippen LogP contribution in [0.3, 0.4) is 0 Å². The maximum atomic E-state index is 5.99. The van der Waals surface area contributed by atoms with Gasteiger partial charge in [-0.25, -0.2) is 9.97 Å². The summed E-state index contributed by atoms with van der Waals surface area (Å²) in [5.74, 6) is 0.808. The molecule has 0 saturated heterocycles. The second-order valence-electron chi connectivity index (χ2n) is 4.73. The molecule has 0 amide bonds. The first kappa shape index (κ1) is 11.7. The Morgan fingerprint density at radius 1 is 1.05 bits per heavy atom. The van der Waals surface area contributed by atoms with Crippen molar-refractivity contribution in [3.05, 3.63) is 29.3 Å². The highest BCUT2D eigenvalue weighted by atomic mass is 35.5. The fraction of sp³-hybridized carbons (Fsp3) is 0.333. The molecule has 0 radical (unpaired) electrons. The lowest BCUT2D eigenvalue weighted by Gasteiger charge is -2.21. The molecule has 20 heavy (non-hydrogen) atoms. The number of imidazole rings is 2. The van der Waals surface area contributed by atoms with Crippen LogP contribution in [0.1, 0.15) is 11.4 Å². The van der Waals surface area contributed by atoms with E-state index >= 15 is 0 Å². The fourth-order valence-electron chi connectivity index (χ4n) is 2.61. The fourth-order valence-corrected chi connectivity index (χ4v) is 2.77. The number of aromatic amines is 2. The van der Waals surface area contributed by atoms with Gasteiger partial charge in [0.05, 0.1) is 18.3 Å². The van der Waals surface area contributed by atoms with Crippen LogP contribution in [-0.2, 0) is 12.8 Å². The van der Waals surface area contributed by atoms with Crippen molar-refractivity contribution in [2.24, 2.45) is 0 Å². The van der Waals surface area contributed by atoms with E-state index in [0.717, 1.165) is 43.0 Å². The van der Waals surface area contributed by atoms with Crippen molar-refractivity contribution in [2.45, 2.75) is 12.8 Å². The van der Waals surface area contributed by atoms with E-state index in [2.05, 4.69) is 34.8 Å². The molecule has 4 rings (SSSR count). The number of H-pyrrole nitrogens is 2. The number of hydrogen-bond donors (Lipinski definition) is 2. The molecule has 3 aromatic rings. The Bertz CT molecular complexity index is 740. The quantitative estimate of drug-likeness (QED) is 0.660. The van der Waals surface area contributed by atoms with E-state index in [1.165, 1.54) is 5.69 Å². The maximum Gasteiger partial charge on any atom is 0.226 e. The van der Waals surface area contributed by atoms with Crippen molar-refractivity contribution < 1.29 is 0 Å². The van der Waals surface area contributed by atoms with E-state index in [1.807, 2.05) is 0 Å². The minimum absolute atomic E-state index is 0.223. The number of halogens is 1. The number of nitrogens with zero attached hydrogens (tertiary/aromatic N) is 5. The van der Waals surface area contributed by atoms with Crippen LogP contribution in [-0.4, -0.2) is 43.0 Å². The second kappa shape index (κ2) is 4.45. The summed E-state index contributed by atoms with van der Waals surface area (Å²) < 4.78 is 0. The van der Waals surface area contributed by atoms with Gasteiger partial charge in [-0.1, -0.05) is 0 Å². The molecule has 1 aliphatic heterocycles. The molecule has 102 valence electrons. The molecular weight excluding hydrogens is 278 g/mol. The number of anilines is 1. The van der Waals surface area contributed by atoms with E-state index in [0.29, 0.717) is 5.65 Å². The van der Waals surface area contributed by atoms with Gasteiger partial charge in [-0.15, -0.1) is 0 Å². The van der Waals surface area contributed by atoms with Gasteiger partial charge in [0.15, 0.2) is 11.5 Å². The molecular formula is C12H12ClN7. The van der Waals surface area contributed by atoms with Crippen molar-refractivity contribution >= 4 is 28.6 Å². The van der Waals surface area contributed by atoms with Crippen LogP contribution in [0, 0.1) is 0 Å². The summed E-state index contributed by atoms with van der Waals surface area (Å²) in [5.41, 5.74) is 3.76. The van der Waals surface area contributed by atoms with Gasteiger partial charge in [0, 0.05) is 31.6 Å². The molecule has 3 aromatic heterocycles. The topological polar surface area (TPSA) is 86.4 Å². The van der Waals surface area contributed by atoms with Crippen LogP contribution in [0.4, 0.5) is 5.82 Å². The lowest BCUT2D eigenvalue weighted by Crippen LogP contribution is -2.27. The third-order valence-electron chi connectivity index (χ3n) is 3.60. The molecule has 8 heteroatoms. The molecule has 4 heterocycles. The van der Waals surface area contributed by atoms with Crippen molar-refractivity contribution in [1.29, 1.82) is 0 Å². The Morgan fingerprint density at radius 2 is 1.90 bits per heavy atom. The lowest BCUT2D eigenvalue weighted by atomic mass is 10.2. The monoisotopic (exact) mass is 289 g/mol. The highest BCUT2D eigenvalue weighted by molar-refractivity contribution is 6.28. The Kier molecular flexibility index (Phi) is 2.59. The minimum Gasteiger partial charge on any atom is -0.354 e.